The maximum absolute atomic E-state index is 14.1. The fraction of sp³-hybridized carbons (Fsp3) is 0.0435. The van der Waals surface area contributed by atoms with Crippen molar-refractivity contribution in [3.8, 4) is 11.5 Å². The highest BCUT2D eigenvalue weighted by atomic mass is 19.4. The quantitative estimate of drug-likeness (QED) is 0.544. The number of hydrogen-bond acceptors (Lipinski definition) is 4. The van der Waals surface area contributed by atoms with Crippen LogP contribution >= 0.6 is 0 Å². The molecule has 1 atom stereocenters. The Kier molecular flexibility index (Phi) is 4.28. The van der Waals surface area contributed by atoms with Gasteiger partial charge in [0.05, 0.1) is 23.5 Å². The number of nitrogens with two attached hydrogens (primary N) is 1. The smallest absolute Gasteiger partial charge is 0.417 e. The molecule has 0 saturated heterocycles. The Morgan fingerprint density at radius 2 is 1.77 bits per heavy atom. The molecule has 5 nitrogen and oxygen atoms in total. The van der Waals surface area contributed by atoms with Gasteiger partial charge in [-0.05, 0) is 30.3 Å². The lowest BCUT2D eigenvalue weighted by Gasteiger charge is -2.27. The minimum atomic E-state index is -4.64. The number of quaternary nitrogens is 1. The van der Waals surface area contributed by atoms with Gasteiger partial charge < -0.3 is 4.74 Å². The van der Waals surface area contributed by atoms with Crippen LogP contribution in [0.2, 0.25) is 0 Å². The van der Waals surface area contributed by atoms with Gasteiger partial charge in [0.1, 0.15) is 23.4 Å². The zero-order valence-corrected chi connectivity index (χ0v) is 16.0. The molecule has 154 valence electrons. The Balaban J connectivity index is 1.61. The molecule has 5 rings (SSSR count). The van der Waals surface area contributed by atoms with Crippen molar-refractivity contribution in [1.29, 1.82) is 0 Å². The van der Waals surface area contributed by atoms with Crippen LogP contribution in [0.1, 0.15) is 11.1 Å². The Hall–Kier alpha value is -3.75. The molecule has 0 aromatic heterocycles. The summed E-state index contributed by atoms with van der Waals surface area (Å²) in [5.74, 6) is 7.11. The van der Waals surface area contributed by atoms with Gasteiger partial charge in [0.2, 0.25) is 5.70 Å². The molecule has 8 heteroatoms. The molecule has 1 unspecified atom stereocenters. The van der Waals surface area contributed by atoms with Crippen LogP contribution in [0.5, 0.6) is 11.5 Å². The largest absolute Gasteiger partial charge is 0.457 e. The van der Waals surface area contributed by atoms with Crippen LogP contribution in [0.3, 0.4) is 0 Å². The molecule has 0 radical (unpaired) electrons. The molecular formula is C23H16F3N4O+. The molecule has 0 bridgehead atoms. The SMILES string of the molecule is N[N+]12C=CN=CC1=C(C1=CC=C1)N=C2c1ccc(Oc2ccccc2)cc1C(F)(F)F. The summed E-state index contributed by atoms with van der Waals surface area (Å²) >= 11 is 0. The fourth-order valence-electron chi connectivity index (χ4n) is 3.56. The Labute approximate surface area is 175 Å². The highest BCUT2D eigenvalue weighted by Gasteiger charge is 2.48. The molecule has 2 N–H and O–H groups in total. The van der Waals surface area contributed by atoms with E-state index in [1.807, 2.05) is 18.2 Å². The molecule has 1 aliphatic carbocycles. The first-order valence-electron chi connectivity index (χ1n) is 9.42. The van der Waals surface area contributed by atoms with E-state index < -0.39 is 16.3 Å². The summed E-state index contributed by atoms with van der Waals surface area (Å²) in [5.41, 5.74) is 0.804. The molecule has 0 amide bonds. The highest BCUT2D eigenvalue weighted by Crippen LogP contribution is 2.41. The number of benzene rings is 2. The average molecular weight is 421 g/mol. The number of fused-ring (bicyclic) bond motifs is 1. The van der Waals surface area contributed by atoms with Crippen LogP contribution in [0.4, 0.5) is 13.2 Å². The van der Waals surface area contributed by atoms with Gasteiger partial charge >= 0.3 is 6.18 Å². The highest BCUT2D eigenvalue weighted by molar-refractivity contribution is 6.02. The van der Waals surface area contributed by atoms with Crippen LogP contribution < -0.4 is 10.6 Å². The van der Waals surface area contributed by atoms with Crippen LogP contribution in [-0.2, 0) is 6.18 Å². The predicted molar refractivity (Wildman–Crippen MR) is 111 cm³/mol. The van der Waals surface area contributed by atoms with Crippen molar-refractivity contribution in [1.82, 2.24) is 0 Å². The summed E-state index contributed by atoms with van der Waals surface area (Å²) in [5, 5.41) is 0. The number of nitrogens with zero attached hydrogens (tertiary/aromatic N) is 3. The third-order valence-corrected chi connectivity index (χ3v) is 5.14. The van der Waals surface area contributed by atoms with Crippen molar-refractivity contribution >= 4 is 12.1 Å². The van der Waals surface area contributed by atoms with Crippen molar-refractivity contribution in [2.24, 2.45) is 15.8 Å². The number of allylic oxidation sites excluding steroid dienone is 4. The van der Waals surface area contributed by atoms with Gasteiger partial charge in [-0.3, -0.25) is 4.99 Å². The summed E-state index contributed by atoms with van der Waals surface area (Å²) < 4.78 is 47.3. The summed E-state index contributed by atoms with van der Waals surface area (Å²) in [6.45, 7) is 0. The molecule has 2 aromatic carbocycles. The Bertz CT molecular complexity index is 1250. The van der Waals surface area contributed by atoms with Gasteiger partial charge in [0.25, 0.3) is 5.84 Å². The van der Waals surface area contributed by atoms with Crippen molar-refractivity contribution in [3.05, 3.63) is 107 Å². The lowest BCUT2D eigenvalue weighted by molar-refractivity contribution is -0.750. The molecule has 2 heterocycles. The van der Waals surface area contributed by atoms with Gasteiger partial charge in [-0.1, -0.05) is 36.4 Å². The van der Waals surface area contributed by atoms with E-state index in [9.17, 15) is 13.2 Å². The van der Waals surface area contributed by atoms with E-state index in [2.05, 4.69) is 9.98 Å². The molecule has 0 fully saturated rings. The number of halogens is 3. The summed E-state index contributed by atoms with van der Waals surface area (Å²) in [4.78, 5) is 8.62. The van der Waals surface area contributed by atoms with Gasteiger partial charge in [-0.25, -0.2) is 0 Å². The van der Waals surface area contributed by atoms with Crippen molar-refractivity contribution in [3.63, 3.8) is 0 Å². The van der Waals surface area contributed by atoms with Crippen LogP contribution in [0, 0.1) is 0 Å². The normalized spacial score (nSPS) is 21.5. The number of para-hydroxylation sites is 1. The number of aliphatic imine (C=N–C) groups is 2. The van der Waals surface area contributed by atoms with Gasteiger partial charge in [-0.2, -0.15) is 24.0 Å². The van der Waals surface area contributed by atoms with Gasteiger partial charge in [0, 0.05) is 5.57 Å². The zero-order chi connectivity index (χ0) is 21.6. The van der Waals surface area contributed by atoms with Crippen LogP contribution in [0.15, 0.2) is 106 Å². The molecule has 0 saturated carbocycles. The van der Waals surface area contributed by atoms with Crippen molar-refractivity contribution in [2.45, 2.75) is 6.18 Å². The van der Waals surface area contributed by atoms with E-state index in [0.717, 1.165) is 11.6 Å². The Morgan fingerprint density at radius 1 is 1.00 bits per heavy atom. The molecule has 2 aromatic rings. The minimum Gasteiger partial charge on any atom is -0.457 e. The summed E-state index contributed by atoms with van der Waals surface area (Å²) in [6.07, 6.45) is 5.33. The van der Waals surface area contributed by atoms with E-state index in [1.54, 1.807) is 30.3 Å². The van der Waals surface area contributed by atoms with Gasteiger partial charge in [0.15, 0.2) is 0 Å². The summed E-state index contributed by atoms with van der Waals surface area (Å²) in [6, 6.07) is 12.4. The van der Waals surface area contributed by atoms with E-state index >= 15 is 0 Å². The van der Waals surface area contributed by atoms with Crippen LogP contribution in [0.25, 0.3) is 0 Å². The summed E-state index contributed by atoms with van der Waals surface area (Å²) in [7, 11) is 0. The zero-order valence-electron chi connectivity index (χ0n) is 16.0. The number of hydrogen-bond donors (Lipinski definition) is 1. The number of alkyl halides is 3. The lowest BCUT2D eigenvalue weighted by Crippen LogP contribution is -2.53. The average Bonchev–Trinajstić information content (AvgIpc) is 3.00. The molecule has 0 spiro atoms. The fourth-order valence-corrected chi connectivity index (χ4v) is 3.56. The first kappa shape index (κ1) is 19.2. The molecule has 31 heavy (non-hydrogen) atoms. The topological polar surface area (TPSA) is 60.0 Å². The maximum atomic E-state index is 14.1. The third kappa shape index (κ3) is 3.22. The molecular weight excluding hydrogens is 405 g/mol. The molecule has 2 aliphatic heterocycles. The standard InChI is InChI=1S/C23H16F3N4O/c24-23(25,26)19-13-17(31-16-7-2-1-3-8-16)9-10-18(19)22-29-21(15-5-4-6-15)20-14-28-11-12-30(20,22)27/h1-14H,27H2/q+1. The monoisotopic (exact) mass is 421 g/mol. The number of ether oxygens (including phenoxy) is 1. The number of amidine groups is 1. The van der Waals surface area contributed by atoms with Crippen molar-refractivity contribution < 1.29 is 22.5 Å². The first-order chi connectivity index (χ1) is 14.9. The second-order valence-corrected chi connectivity index (χ2v) is 7.12. The minimum absolute atomic E-state index is 0.0622. The van der Waals surface area contributed by atoms with Crippen LogP contribution in [-0.4, -0.2) is 16.6 Å². The van der Waals surface area contributed by atoms with E-state index in [0.29, 0.717) is 17.1 Å². The van der Waals surface area contributed by atoms with Gasteiger partial charge in [-0.15, -0.1) is 4.59 Å². The second-order valence-electron chi connectivity index (χ2n) is 7.12. The van der Waals surface area contributed by atoms with E-state index in [-0.39, 0.29) is 17.1 Å². The predicted octanol–water partition coefficient (Wildman–Crippen LogP) is 5.21. The third-order valence-electron chi connectivity index (χ3n) is 5.14. The number of rotatable bonds is 4. The van der Waals surface area contributed by atoms with E-state index in [4.69, 9.17) is 10.6 Å². The van der Waals surface area contributed by atoms with Crippen molar-refractivity contribution in [2.75, 3.05) is 0 Å². The Morgan fingerprint density at radius 3 is 2.45 bits per heavy atom. The lowest BCUT2D eigenvalue weighted by atomic mass is 10.0. The second kappa shape index (κ2) is 6.90. The first-order valence-corrected chi connectivity index (χ1v) is 9.42. The maximum Gasteiger partial charge on any atom is 0.417 e. The van der Waals surface area contributed by atoms with E-state index in [1.165, 1.54) is 30.7 Å². The molecule has 3 aliphatic rings.